The van der Waals surface area contributed by atoms with Crippen LogP contribution in [-0.4, -0.2) is 52.0 Å². The van der Waals surface area contributed by atoms with Crippen LogP contribution in [0.2, 0.25) is 0 Å². The van der Waals surface area contributed by atoms with Gasteiger partial charge in [0.1, 0.15) is 11.0 Å². The number of carboxylic acid groups (broad SMARTS) is 1. The molecule has 104 valence electrons. The number of carbonyl (C=O) groups is 2. The molecule has 1 aliphatic rings. The first kappa shape index (κ1) is 14.8. The largest absolute Gasteiger partial charge is 0.481 e. The second-order valence-electron chi connectivity index (χ2n) is 5.69. The Labute approximate surface area is 107 Å². The van der Waals surface area contributed by atoms with E-state index in [0.717, 1.165) is 0 Å². The van der Waals surface area contributed by atoms with E-state index in [-0.39, 0.29) is 19.5 Å². The van der Waals surface area contributed by atoms with Crippen molar-refractivity contribution in [3.63, 3.8) is 0 Å². The van der Waals surface area contributed by atoms with Gasteiger partial charge in [-0.05, 0) is 27.2 Å². The van der Waals surface area contributed by atoms with Crippen LogP contribution in [0.15, 0.2) is 0 Å². The Hall–Kier alpha value is -1.30. The van der Waals surface area contributed by atoms with Crippen molar-refractivity contribution in [1.82, 2.24) is 4.90 Å². The molecule has 18 heavy (non-hydrogen) atoms. The summed E-state index contributed by atoms with van der Waals surface area (Å²) in [5.74, 6) is -1.08. The molecule has 1 rings (SSSR count). The zero-order chi connectivity index (χ0) is 14.1. The number of carbonyl (C=O) groups excluding carboxylic acids is 1. The van der Waals surface area contributed by atoms with Crippen LogP contribution in [0.25, 0.3) is 0 Å². The molecule has 1 heterocycles. The van der Waals surface area contributed by atoms with Crippen molar-refractivity contribution in [2.45, 2.75) is 45.8 Å². The molecule has 1 saturated heterocycles. The van der Waals surface area contributed by atoms with Gasteiger partial charge >= 0.3 is 12.1 Å². The Bertz CT molecular complexity index is 349. The molecule has 0 aliphatic carbocycles. The standard InChI is InChI=1S/C12H21NO5/c1-5-12(9(15)16)7-13(6-8(12)14)10(17)18-11(2,3)4/h8,14H,5-7H2,1-4H3,(H,15,16)/t8-,12?/m0/s1. The number of likely N-dealkylation sites (tertiary alicyclic amines) is 1. The Morgan fingerprint density at radius 1 is 1.44 bits per heavy atom. The fourth-order valence-corrected chi connectivity index (χ4v) is 2.07. The lowest BCUT2D eigenvalue weighted by atomic mass is 9.82. The average Bonchev–Trinajstić information content (AvgIpc) is 2.54. The van der Waals surface area contributed by atoms with Gasteiger partial charge in [0.15, 0.2) is 0 Å². The lowest BCUT2D eigenvalue weighted by Crippen LogP contribution is -2.42. The van der Waals surface area contributed by atoms with Gasteiger partial charge < -0.3 is 19.8 Å². The summed E-state index contributed by atoms with van der Waals surface area (Å²) in [6.45, 7) is 6.88. The van der Waals surface area contributed by atoms with E-state index in [1.54, 1.807) is 27.7 Å². The van der Waals surface area contributed by atoms with Crippen LogP contribution < -0.4 is 0 Å². The molecule has 2 atom stereocenters. The first-order valence-corrected chi connectivity index (χ1v) is 6.02. The third-order valence-electron chi connectivity index (χ3n) is 3.21. The molecule has 0 spiro atoms. The first-order chi connectivity index (χ1) is 8.12. The van der Waals surface area contributed by atoms with E-state index in [9.17, 15) is 19.8 Å². The van der Waals surface area contributed by atoms with E-state index < -0.39 is 29.2 Å². The van der Waals surface area contributed by atoms with Crippen LogP contribution in [0.4, 0.5) is 4.79 Å². The predicted molar refractivity (Wildman–Crippen MR) is 64.2 cm³/mol. The Balaban J connectivity index is 2.80. The summed E-state index contributed by atoms with van der Waals surface area (Å²) in [5.41, 5.74) is -1.92. The molecule has 6 nitrogen and oxygen atoms in total. The number of carboxylic acids is 1. The monoisotopic (exact) mass is 259 g/mol. The van der Waals surface area contributed by atoms with Gasteiger partial charge in [0.05, 0.1) is 12.6 Å². The van der Waals surface area contributed by atoms with E-state index in [2.05, 4.69) is 0 Å². The number of hydrogen-bond acceptors (Lipinski definition) is 4. The number of hydrogen-bond donors (Lipinski definition) is 2. The second kappa shape index (κ2) is 4.76. The van der Waals surface area contributed by atoms with Crippen LogP contribution in [0, 0.1) is 5.41 Å². The van der Waals surface area contributed by atoms with Crippen LogP contribution in [-0.2, 0) is 9.53 Å². The maximum Gasteiger partial charge on any atom is 0.410 e. The zero-order valence-electron chi connectivity index (χ0n) is 11.3. The first-order valence-electron chi connectivity index (χ1n) is 6.02. The summed E-state index contributed by atoms with van der Waals surface area (Å²) in [6, 6.07) is 0. The van der Waals surface area contributed by atoms with E-state index in [1.165, 1.54) is 4.90 Å². The number of aliphatic carboxylic acids is 1. The van der Waals surface area contributed by atoms with E-state index in [4.69, 9.17) is 4.74 Å². The highest BCUT2D eigenvalue weighted by Gasteiger charge is 2.52. The number of β-amino-alcohol motifs (C(OH)–C–C–N with tert-alkyl or cyclic N) is 1. The summed E-state index contributed by atoms with van der Waals surface area (Å²) in [7, 11) is 0. The van der Waals surface area contributed by atoms with Crippen molar-refractivity contribution in [2.75, 3.05) is 13.1 Å². The summed E-state index contributed by atoms with van der Waals surface area (Å²) in [6.07, 6.45) is -1.38. The van der Waals surface area contributed by atoms with Crippen molar-refractivity contribution in [3.8, 4) is 0 Å². The molecule has 1 fully saturated rings. The summed E-state index contributed by atoms with van der Waals surface area (Å²) in [5, 5.41) is 19.1. The highest BCUT2D eigenvalue weighted by Crippen LogP contribution is 2.35. The quantitative estimate of drug-likeness (QED) is 0.774. The Kier molecular flexibility index (Phi) is 3.90. The van der Waals surface area contributed by atoms with Gasteiger partial charge in [-0.3, -0.25) is 4.79 Å². The molecule has 0 aromatic carbocycles. The van der Waals surface area contributed by atoms with Gasteiger partial charge in [0.25, 0.3) is 0 Å². The highest BCUT2D eigenvalue weighted by molar-refractivity contribution is 5.78. The van der Waals surface area contributed by atoms with Crippen LogP contribution >= 0.6 is 0 Å². The zero-order valence-corrected chi connectivity index (χ0v) is 11.3. The van der Waals surface area contributed by atoms with Crippen molar-refractivity contribution in [1.29, 1.82) is 0 Å². The molecule has 1 amide bonds. The predicted octanol–water partition coefficient (Wildman–Crippen LogP) is 1.08. The van der Waals surface area contributed by atoms with E-state index >= 15 is 0 Å². The summed E-state index contributed by atoms with van der Waals surface area (Å²) in [4.78, 5) is 24.4. The molecular formula is C12H21NO5. The topological polar surface area (TPSA) is 87.1 Å². The molecule has 0 aromatic rings. The molecule has 0 bridgehead atoms. The smallest absolute Gasteiger partial charge is 0.410 e. The normalized spacial score (nSPS) is 28.3. The second-order valence-corrected chi connectivity index (χ2v) is 5.69. The summed E-state index contributed by atoms with van der Waals surface area (Å²) >= 11 is 0. The fraction of sp³-hybridized carbons (Fsp3) is 0.833. The van der Waals surface area contributed by atoms with Gasteiger partial charge in [-0.15, -0.1) is 0 Å². The number of rotatable bonds is 2. The third-order valence-corrected chi connectivity index (χ3v) is 3.21. The number of aliphatic hydroxyl groups is 1. The van der Waals surface area contributed by atoms with Crippen molar-refractivity contribution >= 4 is 12.1 Å². The fourth-order valence-electron chi connectivity index (χ4n) is 2.07. The molecular weight excluding hydrogens is 238 g/mol. The van der Waals surface area contributed by atoms with Gasteiger partial charge in [0, 0.05) is 6.54 Å². The minimum Gasteiger partial charge on any atom is -0.481 e. The Morgan fingerprint density at radius 2 is 2.00 bits per heavy atom. The van der Waals surface area contributed by atoms with E-state index in [0.29, 0.717) is 0 Å². The van der Waals surface area contributed by atoms with Crippen LogP contribution in [0.5, 0.6) is 0 Å². The molecule has 2 N–H and O–H groups in total. The molecule has 6 heteroatoms. The van der Waals surface area contributed by atoms with E-state index in [1.807, 2.05) is 0 Å². The van der Waals surface area contributed by atoms with Gasteiger partial charge in [-0.1, -0.05) is 6.92 Å². The lowest BCUT2D eigenvalue weighted by molar-refractivity contribution is -0.153. The van der Waals surface area contributed by atoms with Gasteiger partial charge in [0.2, 0.25) is 0 Å². The van der Waals surface area contributed by atoms with Crippen molar-refractivity contribution < 1.29 is 24.5 Å². The minimum absolute atomic E-state index is 0.00491. The molecule has 1 aliphatic heterocycles. The van der Waals surface area contributed by atoms with Crippen LogP contribution in [0.1, 0.15) is 34.1 Å². The lowest BCUT2D eigenvalue weighted by Gasteiger charge is -2.26. The number of nitrogens with zero attached hydrogens (tertiary/aromatic N) is 1. The maximum atomic E-state index is 11.8. The number of aliphatic hydroxyl groups excluding tert-OH is 1. The maximum absolute atomic E-state index is 11.8. The molecule has 0 radical (unpaired) electrons. The molecule has 0 saturated carbocycles. The Morgan fingerprint density at radius 3 is 2.33 bits per heavy atom. The third kappa shape index (κ3) is 2.75. The van der Waals surface area contributed by atoms with Gasteiger partial charge in [-0.2, -0.15) is 0 Å². The van der Waals surface area contributed by atoms with Crippen molar-refractivity contribution in [2.24, 2.45) is 5.41 Å². The number of ether oxygens (including phenoxy) is 1. The molecule has 1 unspecified atom stereocenters. The van der Waals surface area contributed by atoms with Gasteiger partial charge in [-0.25, -0.2) is 4.79 Å². The minimum atomic E-state index is -1.28. The highest BCUT2D eigenvalue weighted by atomic mass is 16.6. The van der Waals surface area contributed by atoms with Crippen molar-refractivity contribution in [3.05, 3.63) is 0 Å². The average molecular weight is 259 g/mol. The SMILES string of the molecule is CCC1(C(=O)O)CN(C(=O)OC(C)(C)C)C[C@@H]1O. The van der Waals surface area contributed by atoms with Crippen LogP contribution in [0.3, 0.4) is 0 Å². The number of amides is 1. The molecule has 0 aromatic heterocycles. The summed E-state index contributed by atoms with van der Waals surface area (Å²) < 4.78 is 5.17.